The molecule has 3 nitrogen and oxygen atoms in total. The zero-order valence-electron chi connectivity index (χ0n) is 22.9. The summed E-state index contributed by atoms with van der Waals surface area (Å²) in [6.07, 6.45) is 7.03. The minimum Gasteiger partial charge on any atom is -0.490 e. The molecule has 1 aliphatic carbocycles. The van der Waals surface area contributed by atoms with Gasteiger partial charge in [0.2, 0.25) is 0 Å². The van der Waals surface area contributed by atoms with E-state index in [4.69, 9.17) is 14.2 Å². The summed E-state index contributed by atoms with van der Waals surface area (Å²) >= 11 is 0. The Bertz CT molecular complexity index is 1340. The first kappa shape index (κ1) is 26.0. The van der Waals surface area contributed by atoms with Crippen LogP contribution in [0.5, 0.6) is 17.2 Å². The molecule has 4 aromatic carbocycles. The molecule has 1 aliphatic heterocycles. The second-order valence-electron chi connectivity index (χ2n) is 10.8. The summed E-state index contributed by atoms with van der Waals surface area (Å²) in [5.74, 6) is 2.67. The molecule has 6 rings (SSSR count). The number of benzene rings is 4. The van der Waals surface area contributed by atoms with E-state index in [9.17, 15) is 0 Å². The monoisotopic (exact) mass is 536 g/mol. The van der Waals surface area contributed by atoms with Crippen molar-refractivity contribution >= 4 is 23.8 Å². The quantitative estimate of drug-likeness (QED) is 0.244. The van der Waals surface area contributed by atoms with Crippen LogP contribution in [0.25, 0.3) is 11.1 Å². The molecule has 0 spiro atoms. The third-order valence-corrected chi connectivity index (χ3v) is 10.2. The Kier molecular flexibility index (Phi) is 7.88. The smallest absolute Gasteiger partial charge is 0.131 e. The predicted octanol–water partition coefficient (Wildman–Crippen LogP) is 7.76. The first-order chi connectivity index (χ1) is 19.2. The van der Waals surface area contributed by atoms with Crippen LogP contribution in [-0.4, -0.2) is 18.3 Å². The molecule has 0 bridgehead atoms. The molecule has 0 aromatic heterocycles. The maximum Gasteiger partial charge on any atom is 0.131 e. The highest BCUT2D eigenvalue weighted by Gasteiger charge is 2.30. The molecule has 39 heavy (non-hydrogen) atoms. The molecule has 1 saturated carbocycles. The predicted molar refractivity (Wildman–Crippen MR) is 163 cm³/mol. The van der Waals surface area contributed by atoms with Gasteiger partial charge in [0, 0.05) is 12.0 Å². The molecule has 0 saturated heterocycles. The average molecular weight is 537 g/mol. The van der Waals surface area contributed by atoms with Crippen LogP contribution >= 0.6 is 7.92 Å². The summed E-state index contributed by atoms with van der Waals surface area (Å²) in [5.41, 5.74) is 2.12. The lowest BCUT2D eigenvalue weighted by Gasteiger charge is -2.28. The van der Waals surface area contributed by atoms with Gasteiger partial charge < -0.3 is 14.2 Å². The van der Waals surface area contributed by atoms with Crippen molar-refractivity contribution in [1.29, 1.82) is 0 Å². The Morgan fingerprint density at radius 3 is 1.79 bits per heavy atom. The van der Waals surface area contributed by atoms with Crippen molar-refractivity contribution in [3.8, 4) is 28.4 Å². The van der Waals surface area contributed by atoms with Crippen LogP contribution in [-0.2, 0) is 0 Å². The third-order valence-electron chi connectivity index (χ3n) is 7.68. The fourth-order valence-corrected chi connectivity index (χ4v) is 8.43. The van der Waals surface area contributed by atoms with Crippen LogP contribution in [0.2, 0.25) is 0 Å². The zero-order valence-corrected chi connectivity index (χ0v) is 23.8. The number of ether oxygens (including phenoxy) is 3. The molecule has 200 valence electrons. The fraction of sp³-hybridized carbons (Fsp3) is 0.314. The van der Waals surface area contributed by atoms with Crippen molar-refractivity contribution in [1.82, 2.24) is 0 Å². The van der Waals surface area contributed by atoms with Crippen molar-refractivity contribution in [2.45, 2.75) is 70.7 Å². The van der Waals surface area contributed by atoms with Crippen molar-refractivity contribution < 1.29 is 14.2 Å². The van der Waals surface area contributed by atoms with Gasteiger partial charge in [0.15, 0.2) is 0 Å². The fourth-order valence-electron chi connectivity index (χ4n) is 5.95. The Labute approximate surface area is 233 Å². The van der Waals surface area contributed by atoms with Crippen LogP contribution < -0.4 is 30.1 Å². The molecule has 2 aliphatic rings. The largest absolute Gasteiger partial charge is 0.490 e. The summed E-state index contributed by atoms with van der Waals surface area (Å²) < 4.78 is 20.2. The first-order valence-corrected chi connectivity index (χ1v) is 15.7. The molecular formula is C35H37O3P. The molecule has 0 radical (unpaired) electrons. The molecule has 1 heterocycles. The average Bonchev–Trinajstić information content (AvgIpc) is 3.01. The lowest BCUT2D eigenvalue weighted by molar-refractivity contribution is 0.133. The molecular weight excluding hydrogens is 499 g/mol. The number of hydrogen-bond donors (Lipinski definition) is 0. The standard InChI is InChI=1S/C35H37O3P/c1-25-24-26(2)37-32-22-13-23-33(39(28-16-8-4-9-17-28)29-18-10-5-11-19-29)35(32)34-30(36-25)20-12-21-31(34)38-27-14-6-3-7-15-27/h4-5,8-13,16-23,25-27H,3,6-7,14-15,24H2,1-2H3/t25-,26-/m1/s1. The van der Waals surface area contributed by atoms with Gasteiger partial charge >= 0.3 is 0 Å². The Morgan fingerprint density at radius 1 is 0.615 bits per heavy atom. The summed E-state index contributed by atoms with van der Waals surface area (Å²) in [6, 6.07) is 34.6. The van der Waals surface area contributed by atoms with E-state index in [1.165, 1.54) is 35.2 Å². The van der Waals surface area contributed by atoms with Crippen molar-refractivity contribution in [3.63, 3.8) is 0 Å². The van der Waals surface area contributed by atoms with Crippen LogP contribution in [0.4, 0.5) is 0 Å². The van der Waals surface area contributed by atoms with Crippen molar-refractivity contribution in [2.75, 3.05) is 0 Å². The topological polar surface area (TPSA) is 27.7 Å². The highest BCUT2D eigenvalue weighted by Crippen LogP contribution is 2.48. The molecule has 2 atom stereocenters. The van der Waals surface area contributed by atoms with E-state index in [2.05, 4.69) is 111 Å². The highest BCUT2D eigenvalue weighted by molar-refractivity contribution is 7.80. The van der Waals surface area contributed by atoms with Crippen molar-refractivity contribution in [3.05, 3.63) is 97.1 Å². The van der Waals surface area contributed by atoms with Crippen LogP contribution in [0.15, 0.2) is 97.1 Å². The Hall–Kier alpha value is -3.29. The van der Waals surface area contributed by atoms with Gasteiger partial charge in [-0.1, -0.05) is 85.3 Å². The summed E-state index contributed by atoms with van der Waals surface area (Å²) in [6.45, 7) is 4.28. The van der Waals surface area contributed by atoms with Gasteiger partial charge in [-0.15, -0.1) is 0 Å². The second kappa shape index (κ2) is 11.8. The number of hydrogen-bond acceptors (Lipinski definition) is 3. The normalized spacial score (nSPS) is 19.5. The van der Waals surface area contributed by atoms with Gasteiger partial charge in [0.25, 0.3) is 0 Å². The molecule has 4 heteroatoms. The second-order valence-corrected chi connectivity index (χ2v) is 12.9. The van der Waals surface area contributed by atoms with Crippen LogP contribution in [0.3, 0.4) is 0 Å². The van der Waals surface area contributed by atoms with Crippen LogP contribution in [0.1, 0.15) is 52.4 Å². The summed E-state index contributed by atoms with van der Waals surface area (Å²) in [4.78, 5) is 0. The van der Waals surface area contributed by atoms with E-state index < -0.39 is 7.92 Å². The van der Waals surface area contributed by atoms with Crippen molar-refractivity contribution in [2.24, 2.45) is 0 Å². The number of fused-ring (bicyclic) bond motifs is 3. The van der Waals surface area contributed by atoms with Gasteiger partial charge in [0.05, 0.1) is 23.9 Å². The Morgan fingerprint density at radius 2 is 1.18 bits per heavy atom. The highest BCUT2D eigenvalue weighted by atomic mass is 31.1. The van der Waals surface area contributed by atoms with Gasteiger partial charge in [0.1, 0.15) is 17.2 Å². The minimum atomic E-state index is -0.863. The zero-order chi connectivity index (χ0) is 26.6. The summed E-state index contributed by atoms with van der Waals surface area (Å²) in [7, 11) is -0.863. The molecule has 0 N–H and O–H groups in total. The van der Waals surface area contributed by atoms with E-state index in [0.29, 0.717) is 0 Å². The first-order valence-electron chi connectivity index (χ1n) is 14.3. The minimum absolute atomic E-state index is 0.0192. The van der Waals surface area contributed by atoms with E-state index in [0.717, 1.165) is 47.6 Å². The number of rotatable bonds is 5. The molecule has 0 unspecified atom stereocenters. The van der Waals surface area contributed by atoms with Crippen LogP contribution in [0, 0.1) is 0 Å². The molecule has 0 amide bonds. The molecule has 4 aromatic rings. The van der Waals surface area contributed by atoms with E-state index in [-0.39, 0.29) is 18.3 Å². The van der Waals surface area contributed by atoms with E-state index in [1.807, 2.05) is 0 Å². The van der Waals surface area contributed by atoms with E-state index in [1.54, 1.807) is 0 Å². The van der Waals surface area contributed by atoms with Gasteiger partial charge in [-0.3, -0.25) is 0 Å². The SMILES string of the molecule is C[C@@H]1C[C@@H](C)Oc2cccc(P(c3ccccc3)c3ccccc3)c2-c2c(OC3CCCCC3)cccc2O1. The maximum atomic E-state index is 6.83. The van der Waals surface area contributed by atoms with Gasteiger partial charge in [-0.25, -0.2) is 0 Å². The van der Waals surface area contributed by atoms with E-state index >= 15 is 0 Å². The lowest BCUT2D eigenvalue weighted by atomic mass is 9.97. The summed E-state index contributed by atoms with van der Waals surface area (Å²) in [5, 5.41) is 3.87. The Balaban J connectivity index is 1.60. The molecule has 1 fully saturated rings. The lowest BCUT2D eigenvalue weighted by Crippen LogP contribution is -2.24. The van der Waals surface area contributed by atoms with Gasteiger partial charge in [-0.2, -0.15) is 0 Å². The maximum absolute atomic E-state index is 6.83. The third kappa shape index (κ3) is 5.70. The van der Waals surface area contributed by atoms with Gasteiger partial charge in [-0.05, 0) is 81.6 Å².